The van der Waals surface area contributed by atoms with Crippen molar-refractivity contribution in [1.29, 1.82) is 0 Å². The number of amides is 2. The minimum atomic E-state index is -4.67. The van der Waals surface area contributed by atoms with E-state index in [1.54, 1.807) is 24.3 Å². The predicted octanol–water partition coefficient (Wildman–Crippen LogP) is -0.237. The SMILES string of the molecule is NC(N)=O.O=S(=O)(O)O.Oc1ccccc1. The van der Waals surface area contributed by atoms with Gasteiger partial charge in [-0.15, -0.1) is 0 Å². The van der Waals surface area contributed by atoms with Crippen molar-refractivity contribution in [2.45, 2.75) is 0 Å². The van der Waals surface area contributed by atoms with Crippen molar-refractivity contribution in [3.05, 3.63) is 30.3 Å². The van der Waals surface area contributed by atoms with E-state index in [2.05, 4.69) is 11.5 Å². The normalized spacial score (nSPS) is 8.88. The molecule has 0 bridgehead atoms. The van der Waals surface area contributed by atoms with Crippen LogP contribution in [0, 0.1) is 0 Å². The van der Waals surface area contributed by atoms with Crippen molar-refractivity contribution in [2.75, 3.05) is 0 Å². The van der Waals surface area contributed by atoms with Gasteiger partial charge in [0.25, 0.3) is 0 Å². The molecule has 0 aliphatic rings. The van der Waals surface area contributed by atoms with Crippen molar-refractivity contribution in [1.82, 2.24) is 0 Å². The molecule has 0 heterocycles. The minimum Gasteiger partial charge on any atom is -0.508 e. The molecule has 2 amide bonds. The summed E-state index contributed by atoms with van der Waals surface area (Å²) in [5.74, 6) is 0.322. The van der Waals surface area contributed by atoms with E-state index in [9.17, 15) is 0 Å². The molecule has 0 aliphatic heterocycles. The number of carbonyl (C=O) groups excluding carboxylic acids is 1. The summed E-state index contributed by atoms with van der Waals surface area (Å²) in [4.78, 5) is 9.00. The van der Waals surface area contributed by atoms with Crippen LogP contribution in [0.25, 0.3) is 0 Å². The van der Waals surface area contributed by atoms with E-state index >= 15 is 0 Å². The minimum absolute atomic E-state index is 0.322. The van der Waals surface area contributed by atoms with Crippen molar-refractivity contribution < 1.29 is 27.4 Å². The first-order valence-electron chi connectivity index (χ1n) is 3.61. The van der Waals surface area contributed by atoms with Crippen LogP contribution in [0.1, 0.15) is 0 Å². The van der Waals surface area contributed by atoms with Crippen LogP contribution in [0.3, 0.4) is 0 Å². The zero-order valence-corrected chi connectivity index (χ0v) is 8.83. The Morgan fingerprint density at radius 2 is 1.31 bits per heavy atom. The number of phenolic OH excluding ortho intramolecular Hbond substituents is 1. The lowest BCUT2D eigenvalue weighted by Crippen LogP contribution is -2.18. The molecule has 1 rings (SSSR count). The molecule has 0 aliphatic carbocycles. The van der Waals surface area contributed by atoms with E-state index in [0.29, 0.717) is 5.75 Å². The maximum absolute atomic E-state index is 9.00. The van der Waals surface area contributed by atoms with Crippen LogP contribution >= 0.6 is 0 Å². The first kappa shape index (κ1) is 16.6. The van der Waals surface area contributed by atoms with Gasteiger partial charge in [0.05, 0.1) is 0 Å². The Bertz CT molecular complexity index is 379. The van der Waals surface area contributed by atoms with Crippen molar-refractivity contribution in [2.24, 2.45) is 11.5 Å². The highest BCUT2D eigenvalue weighted by Gasteiger charge is 1.84. The van der Waals surface area contributed by atoms with E-state index in [1.807, 2.05) is 6.07 Å². The van der Waals surface area contributed by atoms with Crippen molar-refractivity contribution in [3.8, 4) is 5.75 Å². The molecule has 8 nitrogen and oxygen atoms in total. The largest absolute Gasteiger partial charge is 0.508 e. The van der Waals surface area contributed by atoms with Gasteiger partial charge in [0.2, 0.25) is 0 Å². The summed E-state index contributed by atoms with van der Waals surface area (Å²) in [6, 6.07) is 7.88. The zero-order chi connectivity index (χ0) is 13.2. The third kappa shape index (κ3) is 39.9. The molecule has 16 heavy (non-hydrogen) atoms. The lowest BCUT2D eigenvalue weighted by Gasteiger charge is -1.82. The smallest absolute Gasteiger partial charge is 0.394 e. The summed E-state index contributed by atoms with van der Waals surface area (Å²) in [7, 11) is -4.67. The number of para-hydroxylation sites is 1. The Balaban J connectivity index is 0. The Kier molecular flexibility index (Phi) is 8.78. The standard InChI is InChI=1S/C6H6O.CH4N2O.H2O4S/c7-6-4-2-1-3-5-6;2-1(3)4;1-5(2,3)4/h1-5,7H;(H4,2,3,4);(H2,1,2,3,4). The molecule has 0 saturated carbocycles. The number of nitrogens with two attached hydrogens (primary N) is 2. The maximum Gasteiger partial charge on any atom is 0.394 e. The molecule has 0 saturated heterocycles. The highest BCUT2D eigenvalue weighted by molar-refractivity contribution is 7.79. The molecule has 1 aromatic rings. The Labute approximate surface area is 92.1 Å². The second-order valence-electron chi connectivity index (χ2n) is 2.19. The van der Waals surface area contributed by atoms with E-state index < -0.39 is 16.4 Å². The third-order valence-electron chi connectivity index (χ3n) is 0.756. The maximum atomic E-state index is 9.00. The van der Waals surface area contributed by atoms with Gasteiger partial charge in [0, 0.05) is 0 Å². The molecule has 0 unspecified atom stereocenters. The average Bonchev–Trinajstić information content (AvgIpc) is 2.00. The molecule has 9 heteroatoms. The fourth-order valence-electron chi connectivity index (χ4n) is 0.428. The summed E-state index contributed by atoms with van der Waals surface area (Å²) >= 11 is 0. The molecule has 0 spiro atoms. The predicted molar refractivity (Wildman–Crippen MR) is 56.1 cm³/mol. The fraction of sp³-hybridized carbons (Fsp3) is 0. The van der Waals surface area contributed by atoms with Crippen LogP contribution in [0.2, 0.25) is 0 Å². The number of aromatic hydroxyl groups is 1. The first-order valence-corrected chi connectivity index (χ1v) is 5.01. The van der Waals surface area contributed by atoms with Crippen LogP contribution in [-0.2, 0) is 10.4 Å². The van der Waals surface area contributed by atoms with Crippen LogP contribution in [0.5, 0.6) is 5.75 Å². The molecule has 1 aromatic carbocycles. The molecule has 0 radical (unpaired) electrons. The second-order valence-corrected chi connectivity index (χ2v) is 3.08. The number of urea groups is 1. The van der Waals surface area contributed by atoms with Gasteiger partial charge in [-0.05, 0) is 12.1 Å². The summed E-state index contributed by atoms with van der Waals surface area (Å²) in [6.45, 7) is 0. The van der Waals surface area contributed by atoms with Crippen LogP contribution in [0.15, 0.2) is 30.3 Å². The van der Waals surface area contributed by atoms with Crippen molar-refractivity contribution >= 4 is 16.4 Å². The van der Waals surface area contributed by atoms with E-state index in [4.69, 9.17) is 27.4 Å². The Morgan fingerprint density at radius 1 is 1.06 bits per heavy atom. The number of rotatable bonds is 0. The molecule has 0 atom stereocenters. The van der Waals surface area contributed by atoms with Gasteiger partial charge in [0.1, 0.15) is 5.75 Å². The lowest BCUT2D eigenvalue weighted by atomic mass is 10.3. The molecule has 0 fully saturated rings. The van der Waals surface area contributed by atoms with Crippen molar-refractivity contribution in [3.63, 3.8) is 0 Å². The summed E-state index contributed by atoms with van der Waals surface area (Å²) in [5, 5.41) is 8.63. The van der Waals surface area contributed by atoms with Crippen LogP contribution in [0.4, 0.5) is 4.79 Å². The molecule has 0 aromatic heterocycles. The summed E-state index contributed by atoms with van der Waals surface area (Å²) in [5.41, 5.74) is 8.50. The summed E-state index contributed by atoms with van der Waals surface area (Å²) in [6.07, 6.45) is 0. The van der Waals surface area contributed by atoms with Gasteiger partial charge in [-0.2, -0.15) is 8.42 Å². The van der Waals surface area contributed by atoms with Crippen LogP contribution in [-0.4, -0.2) is 28.7 Å². The molecular weight excluding hydrogens is 240 g/mol. The van der Waals surface area contributed by atoms with Gasteiger partial charge < -0.3 is 16.6 Å². The van der Waals surface area contributed by atoms with Gasteiger partial charge >= 0.3 is 16.4 Å². The molecule has 7 N–H and O–H groups in total. The van der Waals surface area contributed by atoms with Gasteiger partial charge in [0.15, 0.2) is 0 Å². The average molecular weight is 252 g/mol. The highest BCUT2D eigenvalue weighted by atomic mass is 32.3. The number of phenols is 1. The van der Waals surface area contributed by atoms with E-state index in [-0.39, 0.29) is 0 Å². The van der Waals surface area contributed by atoms with E-state index in [0.717, 1.165) is 0 Å². The number of primary amides is 2. The number of hydrogen-bond acceptors (Lipinski definition) is 4. The Hall–Kier alpha value is -1.84. The monoisotopic (exact) mass is 252 g/mol. The van der Waals surface area contributed by atoms with Gasteiger partial charge in [-0.1, -0.05) is 18.2 Å². The fourth-order valence-corrected chi connectivity index (χ4v) is 0.428. The number of carbonyl (C=O) groups is 1. The molecular formula is C7H12N2O6S. The summed E-state index contributed by atoms with van der Waals surface area (Å²) < 4.78 is 31.6. The van der Waals surface area contributed by atoms with Gasteiger partial charge in [-0.25, -0.2) is 4.79 Å². The molecule has 92 valence electrons. The number of hydrogen-bond donors (Lipinski definition) is 5. The topological polar surface area (TPSA) is 164 Å². The van der Waals surface area contributed by atoms with E-state index in [1.165, 1.54) is 0 Å². The second kappa shape index (κ2) is 8.47. The van der Waals surface area contributed by atoms with Gasteiger partial charge in [-0.3, -0.25) is 9.11 Å². The Morgan fingerprint density at radius 3 is 1.44 bits per heavy atom. The zero-order valence-electron chi connectivity index (χ0n) is 8.02. The van der Waals surface area contributed by atoms with Crippen LogP contribution < -0.4 is 11.5 Å². The quantitative estimate of drug-likeness (QED) is 0.400. The first-order chi connectivity index (χ1) is 7.13. The number of benzene rings is 1. The third-order valence-corrected chi connectivity index (χ3v) is 0.756. The highest BCUT2D eigenvalue weighted by Crippen LogP contribution is 2.02. The lowest BCUT2D eigenvalue weighted by molar-refractivity contribution is 0.256.